The average molecular weight is 361 g/mol. The number of hydrogen-bond acceptors (Lipinski definition) is 4. The van der Waals surface area contributed by atoms with Crippen molar-refractivity contribution in [2.24, 2.45) is 0 Å². The molecule has 3 aromatic rings. The normalized spacial score (nSPS) is 12.0. The van der Waals surface area contributed by atoms with Crippen LogP contribution in [0.1, 0.15) is 11.5 Å². The quantitative estimate of drug-likeness (QED) is 0.705. The second-order valence-corrected chi connectivity index (χ2v) is 5.22. The Kier molecular flexibility index (Phi) is 3.14. The van der Waals surface area contributed by atoms with E-state index in [9.17, 15) is 8.78 Å². The van der Waals surface area contributed by atoms with E-state index in [1.54, 1.807) is 12.1 Å². The van der Waals surface area contributed by atoms with Gasteiger partial charge in [-0.1, -0.05) is 11.6 Å². The predicted octanol–water partition coefficient (Wildman–Crippen LogP) is 3.08. The van der Waals surface area contributed by atoms with Gasteiger partial charge in [0.15, 0.2) is 10.8 Å². The van der Waals surface area contributed by atoms with Crippen LogP contribution < -0.4 is 0 Å². The summed E-state index contributed by atoms with van der Waals surface area (Å²) in [5.41, 5.74) is -0.235. The van der Waals surface area contributed by atoms with Crippen molar-refractivity contribution in [2.45, 2.75) is 5.92 Å². The minimum absolute atomic E-state index is 0.0402. The summed E-state index contributed by atoms with van der Waals surface area (Å²) in [7, 11) is 0. The molecular formula is C11H5BrClF2N5. The van der Waals surface area contributed by atoms with E-state index in [0.717, 1.165) is 6.07 Å². The third-order valence-electron chi connectivity index (χ3n) is 2.60. The Morgan fingerprint density at radius 2 is 1.85 bits per heavy atom. The number of fused-ring (bicyclic) bond motifs is 1. The van der Waals surface area contributed by atoms with Gasteiger partial charge in [0.1, 0.15) is 5.69 Å². The zero-order valence-electron chi connectivity index (χ0n) is 9.63. The van der Waals surface area contributed by atoms with Crippen molar-refractivity contribution in [2.75, 3.05) is 0 Å². The Labute approximate surface area is 124 Å². The molecule has 0 aliphatic carbocycles. The van der Waals surface area contributed by atoms with E-state index in [-0.39, 0.29) is 5.15 Å². The Hall–Kier alpha value is -1.67. The van der Waals surface area contributed by atoms with Crippen LogP contribution in [0.5, 0.6) is 0 Å². The highest BCUT2D eigenvalue weighted by molar-refractivity contribution is 9.10. The van der Waals surface area contributed by atoms with Crippen LogP contribution in [-0.2, 0) is 5.92 Å². The van der Waals surface area contributed by atoms with E-state index in [4.69, 9.17) is 11.6 Å². The van der Waals surface area contributed by atoms with Gasteiger partial charge in [-0.2, -0.15) is 8.78 Å². The Morgan fingerprint density at radius 3 is 2.55 bits per heavy atom. The van der Waals surface area contributed by atoms with Crippen LogP contribution in [0, 0.1) is 0 Å². The highest BCUT2D eigenvalue weighted by Gasteiger charge is 2.41. The summed E-state index contributed by atoms with van der Waals surface area (Å²) >= 11 is 8.76. The standard InChI is InChI=1S/C11H5BrClF2N5/c12-6-1-4-9-18-19-10(20(9)5-6)11(14,15)7-2-3-8(13)17-16-7/h1-5H. The summed E-state index contributed by atoms with van der Waals surface area (Å²) in [5.74, 6) is -3.97. The Morgan fingerprint density at radius 1 is 1.05 bits per heavy atom. The molecule has 0 saturated heterocycles. The third kappa shape index (κ3) is 2.14. The first-order valence-electron chi connectivity index (χ1n) is 5.37. The van der Waals surface area contributed by atoms with E-state index < -0.39 is 17.4 Å². The molecule has 0 atom stereocenters. The van der Waals surface area contributed by atoms with E-state index in [1.807, 2.05) is 0 Å². The fraction of sp³-hybridized carbons (Fsp3) is 0.0909. The van der Waals surface area contributed by atoms with Gasteiger partial charge in [-0.25, -0.2) is 0 Å². The molecule has 0 spiro atoms. The first-order chi connectivity index (χ1) is 9.48. The summed E-state index contributed by atoms with van der Waals surface area (Å²) < 4.78 is 30.7. The number of hydrogen-bond donors (Lipinski definition) is 0. The van der Waals surface area contributed by atoms with Crippen LogP contribution in [0.25, 0.3) is 5.65 Å². The fourth-order valence-corrected chi connectivity index (χ4v) is 2.11. The molecule has 0 aliphatic heterocycles. The van der Waals surface area contributed by atoms with Crippen LogP contribution >= 0.6 is 27.5 Å². The molecule has 0 N–H and O–H groups in total. The molecule has 3 heterocycles. The highest BCUT2D eigenvalue weighted by atomic mass is 79.9. The van der Waals surface area contributed by atoms with E-state index >= 15 is 0 Å². The molecule has 0 radical (unpaired) electrons. The monoisotopic (exact) mass is 359 g/mol. The van der Waals surface area contributed by atoms with Gasteiger partial charge in [0.25, 0.3) is 0 Å². The number of alkyl halides is 2. The number of pyridine rings is 1. The van der Waals surface area contributed by atoms with Crippen LogP contribution in [0.2, 0.25) is 5.15 Å². The number of halogens is 4. The molecule has 3 aromatic heterocycles. The van der Waals surface area contributed by atoms with Crippen molar-refractivity contribution in [3.63, 3.8) is 0 Å². The summed E-state index contributed by atoms with van der Waals surface area (Å²) in [6, 6.07) is 5.61. The lowest BCUT2D eigenvalue weighted by Gasteiger charge is -2.13. The smallest absolute Gasteiger partial charge is 0.280 e. The van der Waals surface area contributed by atoms with E-state index in [0.29, 0.717) is 10.1 Å². The summed E-state index contributed by atoms with van der Waals surface area (Å²) in [6.45, 7) is 0. The highest BCUT2D eigenvalue weighted by Crippen LogP contribution is 2.33. The number of nitrogens with zero attached hydrogens (tertiary/aromatic N) is 5. The van der Waals surface area contributed by atoms with Crippen molar-refractivity contribution < 1.29 is 8.78 Å². The summed E-state index contributed by atoms with van der Waals surface area (Å²) in [4.78, 5) is 0. The molecule has 3 rings (SSSR count). The van der Waals surface area contributed by atoms with E-state index in [2.05, 4.69) is 36.3 Å². The van der Waals surface area contributed by atoms with Crippen LogP contribution in [0.3, 0.4) is 0 Å². The van der Waals surface area contributed by atoms with Crippen molar-refractivity contribution in [1.29, 1.82) is 0 Å². The minimum atomic E-state index is -3.43. The van der Waals surface area contributed by atoms with Crippen molar-refractivity contribution in [1.82, 2.24) is 24.8 Å². The molecule has 0 bridgehead atoms. The molecule has 0 aromatic carbocycles. The maximum Gasteiger partial charge on any atom is 0.350 e. The predicted molar refractivity (Wildman–Crippen MR) is 70.7 cm³/mol. The summed E-state index contributed by atoms with van der Waals surface area (Å²) in [6.07, 6.45) is 1.46. The second kappa shape index (κ2) is 4.71. The van der Waals surface area contributed by atoms with Crippen molar-refractivity contribution in [3.8, 4) is 0 Å². The van der Waals surface area contributed by atoms with Crippen LogP contribution in [0.4, 0.5) is 8.78 Å². The van der Waals surface area contributed by atoms with Gasteiger partial charge >= 0.3 is 5.92 Å². The summed E-state index contributed by atoms with van der Waals surface area (Å²) in [5, 5.41) is 14.1. The lowest BCUT2D eigenvalue weighted by molar-refractivity contribution is 0.0261. The molecular weight excluding hydrogens is 356 g/mol. The second-order valence-electron chi connectivity index (χ2n) is 3.91. The molecule has 9 heteroatoms. The van der Waals surface area contributed by atoms with Gasteiger partial charge in [-0.3, -0.25) is 4.40 Å². The van der Waals surface area contributed by atoms with Gasteiger partial charge in [-0.05, 0) is 40.2 Å². The first kappa shape index (κ1) is 13.3. The van der Waals surface area contributed by atoms with Crippen LogP contribution in [0.15, 0.2) is 34.9 Å². The van der Waals surface area contributed by atoms with Crippen molar-refractivity contribution >= 4 is 33.2 Å². The molecule has 0 fully saturated rings. The zero-order chi connectivity index (χ0) is 14.3. The van der Waals surface area contributed by atoms with Gasteiger partial charge < -0.3 is 0 Å². The maximum atomic E-state index is 14.4. The lowest BCUT2D eigenvalue weighted by atomic mass is 10.2. The molecule has 20 heavy (non-hydrogen) atoms. The van der Waals surface area contributed by atoms with Gasteiger partial charge in [-0.15, -0.1) is 20.4 Å². The first-order valence-corrected chi connectivity index (χ1v) is 6.54. The number of aromatic nitrogens is 5. The molecule has 0 unspecified atom stereocenters. The zero-order valence-corrected chi connectivity index (χ0v) is 12.0. The topological polar surface area (TPSA) is 56.0 Å². The molecule has 0 saturated carbocycles. The minimum Gasteiger partial charge on any atom is -0.280 e. The Balaban J connectivity index is 2.17. The van der Waals surface area contributed by atoms with Gasteiger partial charge in [0.05, 0.1) is 0 Å². The van der Waals surface area contributed by atoms with Crippen molar-refractivity contribution in [3.05, 3.63) is 51.6 Å². The average Bonchev–Trinajstić information content (AvgIpc) is 2.82. The molecule has 0 amide bonds. The third-order valence-corrected chi connectivity index (χ3v) is 3.27. The van der Waals surface area contributed by atoms with E-state index in [1.165, 1.54) is 16.7 Å². The molecule has 0 aliphatic rings. The van der Waals surface area contributed by atoms with Crippen LogP contribution in [-0.4, -0.2) is 24.8 Å². The maximum absolute atomic E-state index is 14.4. The molecule has 102 valence electrons. The van der Waals surface area contributed by atoms with Gasteiger partial charge in [0.2, 0.25) is 5.82 Å². The SMILES string of the molecule is FC(F)(c1ccc(Cl)nn1)c1nnc2ccc(Br)cn12. The molecule has 5 nitrogen and oxygen atoms in total. The largest absolute Gasteiger partial charge is 0.350 e. The van der Waals surface area contributed by atoms with Gasteiger partial charge in [0, 0.05) is 10.7 Å². The number of rotatable bonds is 2. The fourth-order valence-electron chi connectivity index (χ4n) is 1.68. The lowest BCUT2D eigenvalue weighted by Crippen LogP contribution is -2.21. The Bertz CT molecular complexity index is 774.